The summed E-state index contributed by atoms with van der Waals surface area (Å²) in [6.07, 6.45) is -0.0619. The lowest BCUT2D eigenvalue weighted by Crippen LogP contribution is -2.44. The maximum absolute atomic E-state index is 12.0. The van der Waals surface area contributed by atoms with Gasteiger partial charge in [-0.1, -0.05) is 12.1 Å². The fourth-order valence-electron chi connectivity index (χ4n) is 3.00. The van der Waals surface area contributed by atoms with Crippen LogP contribution in [-0.4, -0.2) is 61.4 Å². The monoisotopic (exact) mass is 547 g/mol. The first-order valence-corrected chi connectivity index (χ1v) is 10.2. The van der Waals surface area contributed by atoms with E-state index in [-0.39, 0.29) is 30.0 Å². The molecule has 1 aliphatic heterocycles. The molecule has 1 unspecified atom stereocenters. The van der Waals surface area contributed by atoms with E-state index in [9.17, 15) is 9.59 Å². The number of benzene rings is 1. The standard InChI is InChI=1S/C21H33N5O4.HI/c1-6-22-18(23-13-15-7-9-16(10-8-15)24-19(27)29-5)26-12-11-17(14-26)25-20(28)30-21(2,3)4;/h7-10,17H,6,11-14H2,1-5H3,(H,22,23)(H,24,27)(H,25,28);1H. The van der Waals surface area contributed by atoms with Gasteiger partial charge in [0.1, 0.15) is 5.60 Å². The molecule has 1 saturated heterocycles. The summed E-state index contributed by atoms with van der Waals surface area (Å²) in [5.74, 6) is 0.808. The first kappa shape index (κ1) is 26.8. The zero-order valence-corrected chi connectivity index (χ0v) is 21.2. The minimum absolute atomic E-state index is 0. The van der Waals surface area contributed by atoms with Crippen molar-refractivity contribution in [2.45, 2.75) is 52.3 Å². The van der Waals surface area contributed by atoms with Crippen LogP contribution in [0.2, 0.25) is 0 Å². The number of carbonyl (C=O) groups excluding carboxylic acids is 2. The van der Waals surface area contributed by atoms with Crippen molar-refractivity contribution in [1.82, 2.24) is 15.5 Å². The van der Waals surface area contributed by atoms with E-state index in [0.717, 1.165) is 31.0 Å². The molecule has 2 rings (SSSR count). The van der Waals surface area contributed by atoms with Crippen LogP contribution in [0.3, 0.4) is 0 Å². The summed E-state index contributed by atoms with van der Waals surface area (Å²) in [4.78, 5) is 30.1. The summed E-state index contributed by atoms with van der Waals surface area (Å²) in [6.45, 7) is 10.3. The molecule has 31 heavy (non-hydrogen) atoms. The van der Waals surface area contributed by atoms with Crippen LogP contribution in [0.25, 0.3) is 0 Å². The molecular weight excluding hydrogens is 513 g/mol. The number of ether oxygens (including phenoxy) is 2. The van der Waals surface area contributed by atoms with E-state index < -0.39 is 17.8 Å². The molecule has 0 radical (unpaired) electrons. The van der Waals surface area contributed by atoms with Gasteiger partial charge in [0.25, 0.3) is 0 Å². The van der Waals surface area contributed by atoms with Crippen molar-refractivity contribution >= 4 is 47.8 Å². The molecule has 1 atom stereocenters. The highest BCUT2D eigenvalue weighted by Gasteiger charge is 2.27. The third-order valence-electron chi connectivity index (χ3n) is 4.34. The Morgan fingerprint density at radius 3 is 2.45 bits per heavy atom. The maximum atomic E-state index is 12.0. The average Bonchev–Trinajstić information content (AvgIpc) is 3.12. The second-order valence-electron chi connectivity index (χ2n) is 8.06. The average molecular weight is 547 g/mol. The van der Waals surface area contributed by atoms with Crippen molar-refractivity contribution in [3.63, 3.8) is 0 Å². The summed E-state index contributed by atoms with van der Waals surface area (Å²) in [7, 11) is 1.33. The third-order valence-corrected chi connectivity index (χ3v) is 4.34. The van der Waals surface area contributed by atoms with Gasteiger partial charge in [-0.05, 0) is 51.8 Å². The van der Waals surface area contributed by atoms with Gasteiger partial charge in [-0.25, -0.2) is 14.6 Å². The van der Waals surface area contributed by atoms with Gasteiger partial charge in [0.05, 0.1) is 19.7 Å². The number of alkyl carbamates (subject to hydrolysis) is 1. The van der Waals surface area contributed by atoms with Crippen molar-refractivity contribution in [3.05, 3.63) is 29.8 Å². The summed E-state index contributed by atoms with van der Waals surface area (Å²) in [5, 5.41) is 8.86. The number of carbonyl (C=O) groups is 2. The number of nitrogens with zero attached hydrogens (tertiary/aromatic N) is 2. The van der Waals surface area contributed by atoms with E-state index >= 15 is 0 Å². The van der Waals surface area contributed by atoms with Crippen LogP contribution in [0.15, 0.2) is 29.3 Å². The number of amides is 2. The second kappa shape index (κ2) is 12.6. The Balaban J connectivity index is 0.00000480. The molecule has 10 heteroatoms. The molecule has 1 heterocycles. The van der Waals surface area contributed by atoms with E-state index in [2.05, 4.69) is 25.6 Å². The molecule has 0 spiro atoms. The predicted octanol–water partition coefficient (Wildman–Crippen LogP) is 3.55. The number of nitrogens with one attached hydrogen (secondary N) is 3. The molecule has 1 aromatic rings. The Morgan fingerprint density at radius 2 is 1.87 bits per heavy atom. The fraction of sp³-hybridized carbons (Fsp3) is 0.571. The van der Waals surface area contributed by atoms with Crippen LogP contribution in [-0.2, 0) is 16.0 Å². The lowest BCUT2D eigenvalue weighted by atomic mass is 10.2. The highest BCUT2D eigenvalue weighted by atomic mass is 127. The van der Waals surface area contributed by atoms with Crippen molar-refractivity contribution < 1.29 is 19.1 Å². The number of halogens is 1. The van der Waals surface area contributed by atoms with E-state index in [4.69, 9.17) is 9.73 Å². The zero-order valence-electron chi connectivity index (χ0n) is 18.9. The lowest BCUT2D eigenvalue weighted by Gasteiger charge is -2.23. The highest BCUT2D eigenvalue weighted by molar-refractivity contribution is 14.0. The molecule has 9 nitrogen and oxygen atoms in total. The molecule has 1 fully saturated rings. The predicted molar refractivity (Wildman–Crippen MR) is 132 cm³/mol. The third kappa shape index (κ3) is 9.62. The molecule has 2 amide bonds. The Labute approximate surface area is 201 Å². The normalized spacial score (nSPS) is 16.2. The number of hydrogen-bond acceptors (Lipinski definition) is 5. The largest absolute Gasteiger partial charge is 0.453 e. The zero-order chi connectivity index (χ0) is 22.1. The number of guanidine groups is 1. The minimum Gasteiger partial charge on any atom is -0.453 e. The van der Waals surface area contributed by atoms with E-state index in [1.165, 1.54) is 7.11 Å². The van der Waals surface area contributed by atoms with E-state index in [1.807, 2.05) is 52.0 Å². The molecule has 1 aromatic carbocycles. The quantitative estimate of drug-likeness (QED) is 0.296. The Kier molecular flexibility index (Phi) is 10.9. The van der Waals surface area contributed by atoms with Crippen molar-refractivity contribution in [1.29, 1.82) is 0 Å². The number of aliphatic imine (C=N–C) groups is 1. The van der Waals surface area contributed by atoms with Crippen molar-refractivity contribution in [2.24, 2.45) is 4.99 Å². The SMILES string of the molecule is CCNC(=NCc1ccc(NC(=O)OC)cc1)N1CCC(NC(=O)OC(C)(C)C)C1.I. The number of likely N-dealkylation sites (tertiary alicyclic amines) is 1. The van der Waals surface area contributed by atoms with Gasteiger partial charge in [0, 0.05) is 25.3 Å². The van der Waals surface area contributed by atoms with Gasteiger partial charge < -0.3 is 25.0 Å². The van der Waals surface area contributed by atoms with Crippen LogP contribution in [0.4, 0.5) is 15.3 Å². The van der Waals surface area contributed by atoms with Crippen LogP contribution < -0.4 is 16.0 Å². The first-order chi connectivity index (χ1) is 14.2. The van der Waals surface area contributed by atoms with Crippen molar-refractivity contribution in [2.75, 3.05) is 32.1 Å². The molecular formula is C21H34IN5O4. The molecule has 0 bridgehead atoms. The Bertz CT molecular complexity index is 749. The van der Waals surface area contributed by atoms with Gasteiger partial charge in [-0.3, -0.25) is 5.32 Å². The molecule has 174 valence electrons. The Morgan fingerprint density at radius 1 is 1.19 bits per heavy atom. The fourth-order valence-corrected chi connectivity index (χ4v) is 3.00. The number of hydrogen-bond donors (Lipinski definition) is 3. The van der Waals surface area contributed by atoms with E-state index in [0.29, 0.717) is 18.8 Å². The molecule has 1 aliphatic rings. The summed E-state index contributed by atoms with van der Waals surface area (Å²) >= 11 is 0. The van der Waals surface area contributed by atoms with Gasteiger partial charge in [-0.15, -0.1) is 24.0 Å². The van der Waals surface area contributed by atoms with Crippen LogP contribution in [0.5, 0.6) is 0 Å². The molecule has 0 aromatic heterocycles. The topological polar surface area (TPSA) is 104 Å². The summed E-state index contributed by atoms with van der Waals surface area (Å²) < 4.78 is 9.92. The van der Waals surface area contributed by atoms with Crippen LogP contribution in [0, 0.1) is 0 Å². The van der Waals surface area contributed by atoms with Gasteiger partial charge >= 0.3 is 12.2 Å². The summed E-state index contributed by atoms with van der Waals surface area (Å²) in [5.41, 5.74) is 1.17. The molecule has 0 aliphatic carbocycles. The van der Waals surface area contributed by atoms with Crippen molar-refractivity contribution in [3.8, 4) is 0 Å². The smallest absolute Gasteiger partial charge is 0.411 e. The van der Waals surface area contributed by atoms with Crippen LogP contribution >= 0.6 is 24.0 Å². The maximum Gasteiger partial charge on any atom is 0.411 e. The lowest BCUT2D eigenvalue weighted by molar-refractivity contribution is 0.0507. The van der Waals surface area contributed by atoms with E-state index in [1.54, 1.807) is 0 Å². The first-order valence-electron chi connectivity index (χ1n) is 10.2. The number of rotatable bonds is 5. The highest BCUT2D eigenvalue weighted by Crippen LogP contribution is 2.14. The number of anilines is 1. The minimum atomic E-state index is -0.513. The Hall–Kier alpha value is -2.24. The molecule has 0 saturated carbocycles. The van der Waals surface area contributed by atoms with Gasteiger partial charge in [0.15, 0.2) is 5.96 Å². The second-order valence-corrected chi connectivity index (χ2v) is 8.06. The van der Waals surface area contributed by atoms with Gasteiger partial charge in [-0.2, -0.15) is 0 Å². The van der Waals surface area contributed by atoms with Crippen LogP contribution in [0.1, 0.15) is 39.7 Å². The van der Waals surface area contributed by atoms with Gasteiger partial charge in [0.2, 0.25) is 0 Å². The summed E-state index contributed by atoms with van der Waals surface area (Å²) in [6, 6.07) is 7.47. The number of methoxy groups -OCH3 is 1. The molecule has 3 N–H and O–H groups in total.